The first-order chi connectivity index (χ1) is 8.92. The maximum atomic E-state index is 2.51. The fourth-order valence-corrected chi connectivity index (χ4v) is 6.72. The van der Waals surface area contributed by atoms with Gasteiger partial charge < -0.3 is 0 Å². The van der Waals surface area contributed by atoms with Crippen LogP contribution in [0, 0.1) is 0 Å². The molecule has 0 spiro atoms. The Balaban J connectivity index is 2.57. The van der Waals surface area contributed by atoms with E-state index in [0.717, 1.165) is 0 Å². The van der Waals surface area contributed by atoms with E-state index in [9.17, 15) is 0 Å². The average Bonchev–Trinajstić information content (AvgIpc) is 2.37. The zero-order valence-electron chi connectivity index (χ0n) is 13.2. The van der Waals surface area contributed by atoms with Gasteiger partial charge >= 0.3 is 122 Å². The van der Waals surface area contributed by atoms with Gasteiger partial charge in [0, 0.05) is 0 Å². The molecular formula is C18H28Ge. The van der Waals surface area contributed by atoms with E-state index in [1.165, 1.54) is 23.7 Å². The molecule has 0 aliphatic carbocycles. The normalized spacial score (nSPS) is 12.4. The van der Waals surface area contributed by atoms with Crippen molar-refractivity contribution < 1.29 is 0 Å². The summed E-state index contributed by atoms with van der Waals surface area (Å²) in [7, 11) is 0. The van der Waals surface area contributed by atoms with Gasteiger partial charge in [0.1, 0.15) is 0 Å². The first-order valence-electron chi connectivity index (χ1n) is 7.26. The van der Waals surface area contributed by atoms with Crippen LogP contribution in [-0.2, 0) is 0 Å². The summed E-state index contributed by atoms with van der Waals surface area (Å²) in [6, 6.07) is 11.1. The van der Waals surface area contributed by atoms with Crippen molar-refractivity contribution in [2.75, 3.05) is 0 Å². The Morgan fingerprint density at radius 3 is 2.21 bits per heavy atom. The molecule has 1 aromatic rings. The van der Waals surface area contributed by atoms with Crippen molar-refractivity contribution in [1.29, 1.82) is 0 Å². The number of benzene rings is 1. The van der Waals surface area contributed by atoms with E-state index in [1.54, 1.807) is 9.97 Å². The summed E-state index contributed by atoms with van der Waals surface area (Å²) in [5, 5.41) is 1.30. The zero-order valence-corrected chi connectivity index (χ0v) is 15.3. The quantitative estimate of drug-likeness (QED) is 0.494. The van der Waals surface area contributed by atoms with Crippen LogP contribution in [0.4, 0.5) is 0 Å². The molecule has 0 aliphatic heterocycles. The second-order valence-electron chi connectivity index (χ2n) is 6.32. The Morgan fingerprint density at radius 2 is 1.63 bits per heavy atom. The van der Waals surface area contributed by atoms with Crippen molar-refractivity contribution in [1.82, 2.24) is 0 Å². The van der Waals surface area contributed by atoms with E-state index < -0.39 is 13.3 Å². The Kier molecular flexibility index (Phi) is 6.64. The minimum absolute atomic E-state index is 1.18. The van der Waals surface area contributed by atoms with Crippen LogP contribution in [0.25, 0.3) is 0 Å². The monoisotopic (exact) mass is 318 g/mol. The Labute approximate surface area is 122 Å². The third-order valence-electron chi connectivity index (χ3n) is 3.61. The van der Waals surface area contributed by atoms with Crippen LogP contribution in [-0.4, -0.2) is 13.3 Å². The van der Waals surface area contributed by atoms with Gasteiger partial charge in [0.05, 0.1) is 0 Å². The average molecular weight is 317 g/mol. The molecule has 0 N–H and O–H groups in total. The molecule has 1 heteroatoms. The summed E-state index contributed by atoms with van der Waals surface area (Å²) in [5.41, 5.74) is 2.97. The second-order valence-corrected chi connectivity index (χ2v) is 16.3. The van der Waals surface area contributed by atoms with Gasteiger partial charge in [-0.3, -0.25) is 0 Å². The van der Waals surface area contributed by atoms with Crippen molar-refractivity contribution >= 4 is 17.7 Å². The van der Waals surface area contributed by atoms with Gasteiger partial charge in [-0.25, -0.2) is 0 Å². The molecule has 0 aromatic heterocycles. The van der Waals surface area contributed by atoms with Crippen molar-refractivity contribution in [3.05, 3.63) is 53.6 Å². The number of hydrogen-bond donors (Lipinski definition) is 0. The van der Waals surface area contributed by atoms with E-state index in [4.69, 9.17) is 0 Å². The number of hydrogen-bond acceptors (Lipinski definition) is 0. The second kappa shape index (κ2) is 7.74. The Hall–Kier alpha value is -0.757. The Bertz CT molecular complexity index is 434. The summed E-state index contributed by atoms with van der Waals surface area (Å²) in [4.78, 5) is 0. The van der Waals surface area contributed by atoms with Crippen LogP contribution in [0.3, 0.4) is 0 Å². The molecule has 0 aliphatic rings. The first-order valence-corrected chi connectivity index (χ1v) is 14.0. The van der Waals surface area contributed by atoms with E-state index in [0.29, 0.717) is 0 Å². The molecule has 0 heterocycles. The third-order valence-corrected chi connectivity index (χ3v) is 10.2. The Morgan fingerprint density at radius 1 is 1.00 bits per heavy atom. The van der Waals surface area contributed by atoms with Crippen LogP contribution in [0.2, 0.25) is 16.8 Å². The molecule has 1 rings (SSSR count). The van der Waals surface area contributed by atoms with Crippen molar-refractivity contribution in [3.63, 3.8) is 0 Å². The first kappa shape index (κ1) is 16.3. The molecule has 0 bridgehead atoms. The van der Waals surface area contributed by atoms with Gasteiger partial charge in [0.25, 0.3) is 0 Å². The summed E-state index contributed by atoms with van der Waals surface area (Å²) >= 11 is -1.83. The van der Waals surface area contributed by atoms with Crippen molar-refractivity contribution in [3.8, 4) is 0 Å². The zero-order chi connectivity index (χ0) is 14.3. The summed E-state index contributed by atoms with van der Waals surface area (Å²) in [5.74, 6) is 5.02. The molecule has 19 heavy (non-hydrogen) atoms. The van der Waals surface area contributed by atoms with Crippen LogP contribution >= 0.6 is 0 Å². The molecule has 0 atom stereocenters. The van der Waals surface area contributed by atoms with Crippen LogP contribution in [0.5, 0.6) is 0 Å². The third kappa shape index (κ3) is 6.29. The fraction of sp³-hybridized carbons (Fsp3) is 0.444. The van der Waals surface area contributed by atoms with Gasteiger partial charge in [-0.1, -0.05) is 0 Å². The molecule has 0 amide bonds. The van der Waals surface area contributed by atoms with Crippen LogP contribution in [0.1, 0.15) is 33.6 Å². The van der Waals surface area contributed by atoms with Crippen molar-refractivity contribution in [2.45, 2.75) is 50.4 Å². The van der Waals surface area contributed by atoms with Gasteiger partial charge in [-0.15, -0.1) is 0 Å². The van der Waals surface area contributed by atoms with Gasteiger partial charge in [0.2, 0.25) is 0 Å². The van der Waals surface area contributed by atoms with Crippen LogP contribution < -0.4 is 4.40 Å². The molecule has 0 nitrogen and oxygen atoms in total. The van der Waals surface area contributed by atoms with Gasteiger partial charge in [-0.05, 0) is 0 Å². The van der Waals surface area contributed by atoms with E-state index in [2.05, 4.69) is 74.8 Å². The number of rotatable bonds is 6. The summed E-state index contributed by atoms with van der Waals surface area (Å²) in [6.07, 6.45) is 7.22. The SMILES string of the molecule is CC(C)=CCC/C(C)=C/[CH2][Ge]([CH3])([CH3])[c]1ccccc1. The topological polar surface area (TPSA) is 0 Å². The molecule has 0 fully saturated rings. The van der Waals surface area contributed by atoms with E-state index in [1.807, 2.05) is 0 Å². The van der Waals surface area contributed by atoms with Gasteiger partial charge in [-0.2, -0.15) is 0 Å². The predicted molar refractivity (Wildman–Crippen MR) is 90.8 cm³/mol. The molecular weight excluding hydrogens is 289 g/mol. The molecule has 0 saturated heterocycles. The van der Waals surface area contributed by atoms with Crippen LogP contribution in [0.15, 0.2) is 53.6 Å². The van der Waals surface area contributed by atoms with Gasteiger partial charge in [0.15, 0.2) is 0 Å². The maximum absolute atomic E-state index is 2.51. The molecule has 0 saturated carbocycles. The molecule has 0 unspecified atom stereocenters. The van der Waals surface area contributed by atoms with E-state index in [-0.39, 0.29) is 0 Å². The molecule has 1 aromatic carbocycles. The van der Waals surface area contributed by atoms with E-state index >= 15 is 0 Å². The minimum atomic E-state index is -1.83. The number of allylic oxidation sites excluding steroid dienone is 4. The predicted octanol–water partition coefficient (Wildman–Crippen LogP) is 5.29. The standard InChI is InChI=1S/C18H28Ge/c1-16(2)10-9-11-17(3)14-15-19(4,5)18-12-7-6-8-13-18/h6-8,10,12-14H,9,11,15H2,1-5H3/b17-14+. The summed E-state index contributed by atoms with van der Waals surface area (Å²) in [6.45, 7) is 6.63. The fourth-order valence-electron chi connectivity index (χ4n) is 2.13. The van der Waals surface area contributed by atoms with Crippen molar-refractivity contribution in [2.24, 2.45) is 0 Å². The summed E-state index contributed by atoms with van der Waals surface area (Å²) < 4.78 is 1.61. The molecule has 0 radical (unpaired) electrons. The molecule has 104 valence electrons.